The van der Waals surface area contributed by atoms with Crippen molar-refractivity contribution < 1.29 is 14.7 Å². The van der Waals surface area contributed by atoms with Crippen LogP contribution in [-0.4, -0.2) is 28.5 Å². The Kier molecular flexibility index (Phi) is 4.92. The molecule has 2 aromatic rings. The number of hydrogen-bond acceptors (Lipinski definition) is 4. The van der Waals surface area contributed by atoms with Crippen LogP contribution in [0, 0.1) is 5.41 Å². The molecular formula is C16H18N2O3S. The molecule has 0 saturated heterocycles. The van der Waals surface area contributed by atoms with E-state index in [9.17, 15) is 9.59 Å². The summed E-state index contributed by atoms with van der Waals surface area (Å²) in [6.07, 6.45) is 0.152. The van der Waals surface area contributed by atoms with E-state index in [2.05, 4.69) is 10.3 Å². The number of benzene rings is 1. The molecule has 0 saturated carbocycles. The van der Waals surface area contributed by atoms with Gasteiger partial charge in [-0.1, -0.05) is 30.3 Å². The summed E-state index contributed by atoms with van der Waals surface area (Å²) in [5.41, 5.74) is 0.730. The molecule has 0 atom stereocenters. The third-order valence-electron chi connectivity index (χ3n) is 3.22. The second-order valence-corrected chi connectivity index (χ2v) is 6.51. The lowest BCUT2D eigenvalue weighted by molar-refractivity contribution is -0.146. The van der Waals surface area contributed by atoms with Crippen molar-refractivity contribution in [3.63, 3.8) is 0 Å². The summed E-state index contributed by atoms with van der Waals surface area (Å²) in [4.78, 5) is 27.3. The molecule has 0 aliphatic carbocycles. The summed E-state index contributed by atoms with van der Waals surface area (Å²) < 4.78 is 0. The van der Waals surface area contributed by atoms with Crippen LogP contribution in [0.4, 0.5) is 0 Å². The van der Waals surface area contributed by atoms with Crippen LogP contribution in [0.25, 0.3) is 10.6 Å². The number of hydrogen-bond donors (Lipinski definition) is 2. The molecule has 1 heterocycles. The van der Waals surface area contributed by atoms with Gasteiger partial charge in [-0.05, 0) is 13.8 Å². The van der Waals surface area contributed by atoms with Gasteiger partial charge in [0.05, 0.1) is 17.5 Å². The van der Waals surface area contributed by atoms with E-state index >= 15 is 0 Å². The first-order valence-corrected chi connectivity index (χ1v) is 7.76. The average molecular weight is 318 g/mol. The molecule has 1 amide bonds. The largest absolute Gasteiger partial charge is 0.481 e. The van der Waals surface area contributed by atoms with E-state index in [4.69, 9.17) is 5.11 Å². The number of rotatable bonds is 6. The smallest absolute Gasteiger partial charge is 0.310 e. The van der Waals surface area contributed by atoms with Crippen LogP contribution in [0.15, 0.2) is 35.7 Å². The van der Waals surface area contributed by atoms with Crippen molar-refractivity contribution in [3.05, 3.63) is 41.4 Å². The van der Waals surface area contributed by atoms with E-state index in [1.807, 2.05) is 35.7 Å². The number of carbonyl (C=O) groups excluding carboxylic acids is 1. The van der Waals surface area contributed by atoms with Gasteiger partial charge in [-0.25, -0.2) is 4.98 Å². The summed E-state index contributed by atoms with van der Waals surface area (Å²) in [5, 5.41) is 14.4. The van der Waals surface area contributed by atoms with Gasteiger partial charge in [0.25, 0.3) is 0 Å². The van der Waals surface area contributed by atoms with Crippen molar-refractivity contribution in [2.45, 2.75) is 20.3 Å². The third kappa shape index (κ3) is 4.14. The highest BCUT2D eigenvalue weighted by atomic mass is 32.1. The average Bonchev–Trinajstić information content (AvgIpc) is 2.94. The molecular weight excluding hydrogens is 300 g/mol. The molecule has 0 bridgehead atoms. The van der Waals surface area contributed by atoms with E-state index in [1.54, 1.807) is 13.8 Å². The van der Waals surface area contributed by atoms with E-state index in [0.717, 1.165) is 10.6 Å². The number of thiazole rings is 1. The van der Waals surface area contributed by atoms with Gasteiger partial charge in [0.1, 0.15) is 5.01 Å². The Morgan fingerprint density at radius 2 is 1.95 bits per heavy atom. The molecule has 0 aliphatic heterocycles. The number of aliphatic carboxylic acids is 1. The van der Waals surface area contributed by atoms with Crippen LogP contribution in [0.5, 0.6) is 0 Å². The van der Waals surface area contributed by atoms with Crippen molar-refractivity contribution in [1.29, 1.82) is 0 Å². The van der Waals surface area contributed by atoms with Gasteiger partial charge in [-0.15, -0.1) is 11.3 Å². The Morgan fingerprint density at radius 3 is 2.59 bits per heavy atom. The first kappa shape index (κ1) is 16.2. The molecule has 2 N–H and O–H groups in total. The number of nitrogens with one attached hydrogen (secondary N) is 1. The van der Waals surface area contributed by atoms with Gasteiger partial charge in [0.2, 0.25) is 5.91 Å². The molecule has 22 heavy (non-hydrogen) atoms. The van der Waals surface area contributed by atoms with Crippen LogP contribution >= 0.6 is 11.3 Å². The second kappa shape index (κ2) is 6.70. The van der Waals surface area contributed by atoms with Crippen LogP contribution in [0.1, 0.15) is 19.5 Å². The molecule has 0 aliphatic rings. The van der Waals surface area contributed by atoms with Gasteiger partial charge >= 0.3 is 5.97 Å². The maximum atomic E-state index is 11.9. The first-order chi connectivity index (χ1) is 10.4. The predicted octanol–water partition coefficient (Wildman–Crippen LogP) is 2.58. The van der Waals surface area contributed by atoms with Crippen molar-refractivity contribution in [2.75, 3.05) is 6.54 Å². The molecule has 0 unspecified atom stereocenters. The Labute approximate surface area is 133 Å². The standard InChI is InChI=1S/C16H18N2O3S/c1-16(2,15(20)21)10-17-13(19)8-12-9-22-14(18-12)11-6-4-3-5-7-11/h3-7,9H,8,10H2,1-2H3,(H,17,19)(H,20,21). The molecule has 0 radical (unpaired) electrons. The SMILES string of the molecule is CC(C)(CNC(=O)Cc1csc(-c2ccccc2)n1)C(=O)O. The van der Waals surface area contributed by atoms with Crippen molar-refractivity contribution in [1.82, 2.24) is 10.3 Å². The van der Waals surface area contributed by atoms with Gasteiger partial charge < -0.3 is 10.4 Å². The minimum absolute atomic E-state index is 0.0941. The maximum Gasteiger partial charge on any atom is 0.310 e. The number of carboxylic acid groups (broad SMARTS) is 1. The zero-order valence-electron chi connectivity index (χ0n) is 12.5. The lowest BCUT2D eigenvalue weighted by atomic mass is 9.94. The zero-order valence-corrected chi connectivity index (χ0v) is 13.3. The first-order valence-electron chi connectivity index (χ1n) is 6.88. The Hall–Kier alpha value is -2.21. The van der Waals surface area contributed by atoms with E-state index in [-0.39, 0.29) is 18.9 Å². The summed E-state index contributed by atoms with van der Waals surface area (Å²) >= 11 is 1.49. The quantitative estimate of drug-likeness (QED) is 0.858. The molecule has 2 rings (SSSR count). The Bertz CT molecular complexity index is 665. The molecule has 0 fully saturated rings. The molecule has 6 heteroatoms. The lowest BCUT2D eigenvalue weighted by Gasteiger charge is -2.19. The number of nitrogens with zero attached hydrogens (tertiary/aromatic N) is 1. The number of amides is 1. The maximum absolute atomic E-state index is 11.9. The fourth-order valence-corrected chi connectivity index (χ4v) is 2.55. The fraction of sp³-hybridized carbons (Fsp3) is 0.312. The van der Waals surface area contributed by atoms with Crippen LogP contribution in [0.3, 0.4) is 0 Å². The Morgan fingerprint density at radius 1 is 1.27 bits per heavy atom. The molecule has 5 nitrogen and oxygen atoms in total. The molecule has 116 valence electrons. The highest BCUT2D eigenvalue weighted by molar-refractivity contribution is 7.13. The van der Waals surface area contributed by atoms with Gasteiger partial charge in [0.15, 0.2) is 0 Å². The summed E-state index contributed by atoms with van der Waals surface area (Å²) in [6.45, 7) is 3.24. The lowest BCUT2D eigenvalue weighted by Crippen LogP contribution is -2.39. The third-order valence-corrected chi connectivity index (χ3v) is 4.16. The number of carbonyl (C=O) groups is 2. The second-order valence-electron chi connectivity index (χ2n) is 5.65. The van der Waals surface area contributed by atoms with Gasteiger partial charge in [0, 0.05) is 17.5 Å². The van der Waals surface area contributed by atoms with Crippen molar-refractivity contribution >= 4 is 23.2 Å². The van der Waals surface area contributed by atoms with Crippen LogP contribution < -0.4 is 5.32 Å². The number of carboxylic acids is 1. The van der Waals surface area contributed by atoms with E-state index in [1.165, 1.54) is 11.3 Å². The van der Waals surface area contributed by atoms with Gasteiger partial charge in [-0.2, -0.15) is 0 Å². The predicted molar refractivity (Wildman–Crippen MR) is 85.7 cm³/mol. The highest BCUT2D eigenvalue weighted by Gasteiger charge is 2.27. The normalized spacial score (nSPS) is 11.2. The molecule has 0 spiro atoms. The number of aromatic nitrogens is 1. The van der Waals surface area contributed by atoms with Crippen LogP contribution in [0.2, 0.25) is 0 Å². The summed E-state index contributed by atoms with van der Waals surface area (Å²) in [5.74, 6) is -1.16. The topological polar surface area (TPSA) is 79.3 Å². The van der Waals surface area contributed by atoms with Crippen molar-refractivity contribution in [2.24, 2.45) is 5.41 Å². The Balaban J connectivity index is 1.93. The van der Waals surface area contributed by atoms with Crippen LogP contribution in [-0.2, 0) is 16.0 Å². The summed E-state index contributed by atoms with van der Waals surface area (Å²) in [7, 11) is 0. The fourth-order valence-electron chi connectivity index (χ4n) is 1.72. The monoisotopic (exact) mass is 318 g/mol. The minimum atomic E-state index is -0.979. The van der Waals surface area contributed by atoms with Gasteiger partial charge in [-0.3, -0.25) is 9.59 Å². The molecule has 1 aromatic carbocycles. The van der Waals surface area contributed by atoms with E-state index in [0.29, 0.717) is 5.69 Å². The zero-order chi connectivity index (χ0) is 16.2. The minimum Gasteiger partial charge on any atom is -0.481 e. The molecule has 1 aromatic heterocycles. The van der Waals surface area contributed by atoms with E-state index < -0.39 is 11.4 Å². The highest BCUT2D eigenvalue weighted by Crippen LogP contribution is 2.23. The van der Waals surface area contributed by atoms with Crippen molar-refractivity contribution in [3.8, 4) is 10.6 Å². The summed E-state index contributed by atoms with van der Waals surface area (Å²) in [6, 6.07) is 9.76.